The molecule has 1 aromatic carbocycles. The average Bonchev–Trinajstić information content (AvgIpc) is 2.89. The van der Waals surface area contributed by atoms with Gasteiger partial charge in [-0.15, -0.1) is 0 Å². The topological polar surface area (TPSA) is 70.2 Å². The van der Waals surface area contributed by atoms with Gasteiger partial charge in [-0.3, -0.25) is 14.5 Å². The largest absolute Gasteiger partial charge is 0.444 e. The summed E-state index contributed by atoms with van der Waals surface area (Å²) < 4.78 is 6.45. The standard InChI is InChI=1S/C19H24IN3O4/c1-19(2,3)27-18(26)22-10-8-21(9-11-22)15-12-16(24)23(17(15)25)14-6-4-13(20)5-7-14/h4-7,15H,8-12H2,1-3H3/t15-/m1/s1. The molecule has 146 valence electrons. The number of piperazine rings is 1. The first kappa shape index (κ1) is 20.1. The lowest BCUT2D eigenvalue weighted by Gasteiger charge is -2.37. The summed E-state index contributed by atoms with van der Waals surface area (Å²) in [6.07, 6.45) is -0.159. The molecule has 0 N–H and O–H groups in total. The van der Waals surface area contributed by atoms with Crippen LogP contribution < -0.4 is 4.90 Å². The SMILES string of the molecule is CC(C)(C)OC(=O)N1CCN([C@@H]2CC(=O)N(c3ccc(I)cc3)C2=O)CC1. The van der Waals surface area contributed by atoms with Gasteiger partial charge in [-0.05, 0) is 67.6 Å². The van der Waals surface area contributed by atoms with Gasteiger partial charge in [-0.2, -0.15) is 0 Å². The lowest BCUT2D eigenvalue weighted by atomic mass is 10.1. The fraction of sp³-hybridized carbons (Fsp3) is 0.526. The molecule has 7 nitrogen and oxygen atoms in total. The van der Waals surface area contributed by atoms with Crippen molar-refractivity contribution < 1.29 is 19.1 Å². The van der Waals surface area contributed by atoms with Crippen LogP contribution in [0.4, 0.5) is 10.5 Å². The highest BCUT2D eigenvalue weighted by Crippen LogP contribution is 2.27. The van der Waals surface area contributed by atoms with Crippen LogP contribution in [-0.2, 0) is 14.3 Å². The first-order valence-corrected chi connectivity index (χ1v) is 10.1. The van der Waals surface area contributed by atoms with E-state index in [-0.39, 0.29) is 24.3 Å². The molecule has 1 atom stereocenters. The fourth-order valence-electron chi connectivity index (χ4n) is 3.31. The highest BCUT2D eigenvalue weighted by molar-refractivity contribution is 14.1. The van der Waals surface area contributed by atoms with Crippen molar-refractivity contribution >= 4 is 46.2 Å². The van der Waals surface area contributed by atoms with Gasteiger partial charge >= 0.3 is 6.09 Å². The molecular formula is C19H24IN3O4. The van der Waals surface area contributed by atoms with Crippen LogP contribution in [-0.4, -0.2) is 65.5 Å². The van der Waals surface area contributed by atoms with E-state index in [1.807, 2.05) is 37.8 Å². The molecule has 0 bridgehead atoms. The van der Waals surface area contributed by atoms with Crippen molar-refractivity contribution in [1.82, 2.24) is 9.80 Å². The molecule has 0 spiro atoms. The van der Waals surface area contributed by atoms with Crippen molar-refractivity contribution in [3.8, 4) is 0 Å². The van der Waals surface area contributed by atoms with Crippen LogP contribution in [0, 0.1) is 3.57 Å². The first-order chi connectivity index (χ1) is 12.7. The number of hydrogen-bond donors (Lipinski definition) is 0. The molecule has 1 aromatic rings. The lowest BCUT2D eigenvalue weighted by Crippen LogP contribution is -2.54. The quantitative estimate of drug-likeness (QED) is 0.476. The van der Waals surface area contributed by atoms with Crippen molar-refractivity contribution in [2.45, 2.75) is 38.8 Å². The summed E-state index contributed by atoms with van der Waals surface area (Å²) in [5.41, 5.74) is 0.0797. The zero-order valence-electron chi connectivity index (χ0n) is 15.8. The minimum atomic E-state index is -0.532. The second kappa shape index (κ2) is 7.75. The van der Waals surface area contributed by atoms with E-state index in [1.54, 1.807) is 17.0 Å². The monoisotopic (exact) mass is 485 g/mol. The maximum atomic E-state index is 12.9. The Hall–Kier alpha value is -1.68. The van der Waals surface area contributed by atoms with Gasteiger partial charge in [0.05, 0.1) is 18.2 Å². The van der Waals surface area contributed by atoms with Crippen LogP contribution in [0.1, 0.15) is 27.2 Å². The van der Waals surface area contributed by atoms with E-state index in [0.29, 0.717) is 31.9 Å². The zero-order valence-corrected chi connectivity index (χ0v) is 17.9. The summed E-state index contributed by atoms with van der Waals surface area (Å²) >= 11 is 2.19. The van der Waals surface area contributed by atoms with Crippen molar-refractivity contribution in [3.63, 3.8) is 0 Å². The number of ether oxygens (including phenoxy) is 1. The molecular weight excluding hydrogens is 461 g/mol. The van der Waals surface area contributed by atoms with Gasteiger partial charge in [0, 0.05) is 29.7 Å². The molecule has 8 heteroatoms. The van der Waals surface area contributed by atoms with Crippen LogP contribution >= 0.6 is 22.6 Å². The van der Waals surface area contributed by atoms with Gasteiger partial charge in [0.25, 0.3) is 5.91 Å². The molecule has 0 aliphatic carbocycles. The van der Waals surface area contributed by atoms with Crippen molar-refractivity contribution in [3.05, 3.63) is 27.8 Å². The predicted molar refractivity (Wildman–Crippen MR) is 109 cm³/mol. The number of carbonyl (C=O) groups excluding carboxylic acids is 3. The molecule has 3 rings (SSSR count). The Morgan fingerprint density at radius 2 is 1.67 bits per heavy atom. The molecule has 27 heavy (non-hydrogen) atoms. The van der Waals surface area contributed by atoms with Crippen LogP contribution in [0.25, 0.3) is 0 Å². The molecule has 2 aliphatic rings. The molecule has 3 amide bonds. The predicted octanol–water partition coefficient (Wildman–Crippen LogP) is 2.48. The third-order valence-corrected chi connectivity index (χ3v) is 5.33. The molecule has 0 aromatic heterocycles. The van der Waals surface area contributed by atoms with Gasteiger partial charge in [-0.1, -0.05) is 0 Å². The number of anilines is 1. The summed E-state index contributed by atoms with van der Waals surface area (Å²) in [5.74, 6) is -0.368. The molecule has 0 radical (unpaired) electrons. The number of rotatable bonds is 2. The minimum absolute atomic E-state index is 0.178. The zero-order chi connectivity index (χ0) is 19.8. The summed E-state index contributed by atoms with van der Waals surface area (Å²) in [7, 11) is 0. The van der Waals surface area contributed by atoms with Crippen LogP contribution in [0.15, 0.2) is 24.3 Å². The van der Waals surface area contributed by atoms with Gasteiger partial charge in [0.2, 0.25) is 5.91 Å². The van der Waals surface area contributed by atoms with E-state index in [2.05, 4.69) is 22.6 Å². The van der Waals surface area contributed by atoms with E-state index >= 15 is 0 Å². The molecule has 0 saturated carbocycles. The molecule has 0 unspecified atom stereocenters. The summed E-state index contributed by atoms with van der Waals surface area (Å²) in [6, 6.07) is 6.88. The number of benzene rings is 1. The van der Waals surface area contributed by atoms with Crippen molar-refractivity contribution in [2.75, 3.05) is 31.1 Å². The van der Waals surface area contributed by atoms with Crippen LogP contribution in [0.3, 0.4) is 0 Å². The van der Waals surface area contributed by atoms with E-state index in [1.165, 1.54) is 4.90 Å². The third kappa shape index (κ3) is 4.60. The maximum Gasteiger partial charge on any atom is 0.410 e. The number of imide groups is 1. The highest BCUT2D eigenvalue weighted by Gasteiger charge is 2.43. The van der Waals surface area contributed by atoms with E-state index in [0.717, 1.165) is 3.57 Å². The van der Waals surface area contributed by atoms with E-state index in [4.69, 9.17) is 4.74 Å². The van der Waals surface area contributed by atoms with Gasteiger partial charge in [-0.25, -0.2) is 9.69 Å². The highest BCUT2D eigenvalue weighted by atomic mass is 127. The third-order valence-electron chi connectivity index (χ3n) is 4.61. The second-order valence-electron chi connectivity index (χ2n) is 7.77. The number of amides is 3. The Labute approximate surface area is 172 Å². The molecule has 2 saturated heterocycles. The minimum Gasteiger partial charge on any atom is -0.444 e. The first-order valence-electron chi connectivity index (χ1n) is 9.00. The van der Waals surface area contributed by atoms with Crippen LogP contribution in [0.2, 0.25) is 0 Å². The summed E-state index contributed by atoms with van der Waals surface area (Å²) in [5, 5.41) is 0. The Bertz CT molecular complexity index is 736. The summed E-state index contributed by atoms with van der Waals surface area (Å²) in [4.78, 5) is 42.4. The fourth-order valence-corrected chi connectivity index (χ4v) is 3.66. The smallest absolute Gasteiger partial charge is 0.410 e. The second-order valence-corrected chi connectivity index (χ2v) is 9.01. The van der Waals surface area contributed by atoms with E-state index < -0.39 is 11.6 Å². The normalized spacial score (nSPS) is 21.7. The number of nitrogens with zero attached hydrogens (tertiary/aromatic N) is 3. The van der Waals surface area contributed by atoms with E-state index in [9.17, 15) is 14.4 Å². The number of halogens is 1. The molecule has 2 heterocycles. The van der Waals surface area contributed by atoms with Gasteiger partial charge in [0.1, 0.15) is 5.60 Å². The number of hydrogen-bond acceptors (Lipinski definition) is 5. The Morgan fingerprint density at radius 3 is 2.22 bits per heavy atom. The van der Waals surface area contributed by atoms with Crippen LogP contribution in [0.5, 0.6) is 0 Å². The van der Waals surface area contributed by atoms with Crippen molar-refractivity contribution in [1.29, 1.82) is 0 Å². The number of carbonyl (C=O) groups is 3. The Kier molecular flexibility index (Phi) is 5.76. The molecule has 2 fully saturated rings. The van der Waals surface area contributed by atoms with Gasteiger partial charge in [0.15, 0.2) is 0 Å². The lowest BCUT2D eigenvalue weighted by molar-refractivity contribution is -0.123. The maximum absolute atomic E-state index is 12.9. The Morgan fingerprint density at radius 1 is 1.07 bits per heavy atom. The Balaban J connectivity index is 1.62. The summed E-state index contributed by atoms with van der Waals surface area (Å²) in [6.45, 7) is 7.56. The van der Waals surface area contributed by atoms with Gasteiger partial charge < -0.3 is 9.64 Å². The van der Waals surface area contributed by atoms with Crippen molar-refractivity contribution in [2.24, 2.45) is 0 Å². The average molecular weight is 485 g/mol. The molecule has 2 aliphatic heterocycles.